The first-order valence-corrected chi connectivity index (χ1v) is 3.41. The molecule has 0 fully saturated rings. The zero-order chi connectivity index (χ0) is 9.30. The van der Waals surface area contributed by atoms with E-state index < -0.39 is 24.2 Å². The lowest BCUT2D eigenvalue weighted by Crippen LogP contribution is -2.34. The molecule has 64 valence electrons. The van der Waals surface area contributed by atoms with Gasteiger partial charge in [-0.15, -0.1) is 0 Å². The predicted molar refractivity (Wildman–Crippen MR) is 41.2 cm³/mol. The second-order valence-electron chi connectivity index (χ2n) is 2.13. The Hall–Kier alpha value is -0.645. The van der Waals surface area contributed by atoms with Crippen molar-refractivity contribution in [2.45, 2.75) is 0 Å². The number of rotatable bonds is 1. The van der Waals surface area contributed by atoms with E-state index >= 15 is 0 Å². The van der Waals surface area contributed by atoms with E-state index in [2.05, 4.69) is 0 Å². The number of halogens is 3. The molecule has 0 aliphatic carbocycles. The van der Waals surface area contributed by atoms with Gasteiger partial charge in [-0.25, -0.2) is 8.78 Å². The summed E-state index contributed by atoms with van der Waals surface area (Å²) >= 11 is 5.37. The molecule has 0 saturated carbocycles. The molecule has 0 saturated heterocycles. The van der Waals surface area contributed by atoms with Crippen molar-refractivity contribution in [3.8, 4) is 0 Å². The van der Waals surface area contributed by atoms with Crippen LogP contribution in [0.15, 0.2) is 12.1 Å². The highest BCUT2D eigenvalue weighted by molar-refractivity contribution is 6.62. The zero-order valence-corrected chi connectivity index (χ0v) is 6.52. The maximum Gasteiger partial charge on any atom is 0.493 e. The van der Waals surface area contributed by atoms with Crippen LogP contribution in [0.5, 0.6) is 0 Å². The van der Waals surface area contributed by atoms with Crippen molar-refractivity contribution in [3.05, 3.63) is 28.8 Å². The molecule has 12 heavy (non-hydrogen) atoms. The van der Waals surface area contributed by atoms with Crippen LogP contribution in [0.25, 0.3) is 0 Å². The molecule has 1 aromatic rings. The first-order valence-electron chi connectivity index (χ1n) is 3.03. The molecular weight excluding hydrogens is 188 g/mol. The summed E-state index contributed by atoms with van der Waals surface area (Å²) in [5.41, 5.74) is -0.642. The van der Waals surface area contributed by atoms with Crippen LogP contribution in [-0.4, -0.2) is 17.2 Å². The van der Waals surface area contributed by atoms with Crippen molar-refractivity contribution in [1.29, 1.82) is 0 Å². The van der Waals surface area contributed by atoms with Crippen LogP contribution in [0.3, 0.4) is 0 Å². The Morgan fingerprint density at radius 3 is 2.25 bits per heavy atom. The van der Waals surface area contributed by atoms with E-state index in [-0.39, 0.29) is 5.02 Å². The number of hydrogen-bond acceptors (Lipinski definition) is 2. The van der Waals surface area contributed by atoms with Crippen molar-refractivity contribution >= 4 is 24.2 Å². The van der Waals surface area contributed by atoms with Gasteiger partial charge in [-0.1, -0.05) is 11.6 Å². The van der Waals surface area contributed by atoms with Gasteiger partial charge in [0.15, 0.2) is 11.6 Å². The molecular formula is C6H4BClF2O2. The molecule has 0 bridgehead atoms. The van der Waals surface area contributed by atoms with Crippen molar-refractivity contribution in [2.75, 3.05) is 0 Å². The van der Waals surface area contributed by atoms with E-state index in [9.17, 15) is 8.78 Å². The normalized spacial score (nSPS) is 10.1. The van der Waals surface area contributed by atoms with Gasteiger partial charge >= 0.3 is 7.12 Å². The SMILES string of the molecule is OB(O)c1c(Cl)ccc(F)c1F. The summed E-state index contributed by atoms with van der Waals surface area (Å²) < 4.78 is 25.2. The lowest BCUT2D eigenvalue weighted by molar-refractivity contribution is 0.420. The quantitative estimate of drug-likeness (QED) is 0.496. The second-order valence-corrected chi connectivity index (χ2v) is 2.54. The van der Waals surface area contributed by atoms with Crippen LogP contribution < -0.4 is 5.46 Å². The summed E-state index contributed by atoms with van der Waals surface area (Å²) in [6.45, 7) is 0. The molecule has 0 aliphatic rings. The molecule has 2 nitrogen and oxygen atoms in total. The Bertz CT molecular complexity index is 306. The predicted octanol–water partition coefficient (Wildman–Crippen LogP) is 0.298. The summed E-state index contributed by atoms with van der Waals surface area (Å²) in [5, 5.41) is 16.9. The van der Waals surface area contributed by atoms with E-state index in [1.165, 1.54) is 0 Å². The van der Waals surface area contributed by atoms with Gasteiger partial charge in [0.1, 0.15) is 0 Å². The van der Waals surface area contributed by atoms with Crippen molar-refractivity contribution in [1.82, 2.24) is 0 Å². The van der Waals surface area contributed by atoms with Crippen LogP contribution in [0.4, 0.5) is 8.78 Å². The zero-order valence-electron chi connectivity index (χ0n) is 5.76. The number of hydrogen-bond donors (Lipinski definition) is 2. The largest absolute Gasteiger partial charge is 0.493 e. The molecule has 0 aliphatic heterocycles. The molecule has 0 atom stereocenters. The van der Waals surface area contributed by atoms with E-state index in [0.717, 1.165) is 12.1 Å². The van der Waals surface area contributed by atoms with Gasteiger partial charge in [0.2, 0.25) is 0 Å². The van der Waals surface area contributed by atoms with Crippen molar-refractivity contribution < 1.29 is 18.8 Å². The minimum atomic E-state index is -2.10. The van der Waals surface area contributed by atoms with E-state index in [0.29, 0.717) is 0 Å². The van der Waals surface area contributed by atoms with E-state index in [1.807, 2.05) is 0 Å². The molecule has 0 heterocycles. The lowest BCUT2D eigenvalue weighted by Gasteiger charge is -2.03. The average molecular weight is 192 g/mol. The van der Waals surface area contributed by atoms with E-state index in [1.54, 1.807) is 0 Å². The first-order chi connectivity index (χ1) is 5.54. The lowest BCUT2D eigenvalue weighted by atomic mass is 9.80. The molecule has 0 aromatic heterocycles. The van der Waals surface area contributed by atoms with E-state index in [4.69, 9.17) is 21.6 Å². The Kier molecular flexibility index (Phi) is 2.67. The highest BCUT2D eigenvalue weighted by atomic mass is 35.5. The van der Waals surface area contributed by atoms with Crippen LogP contribution >= 0.6 is 11.6 Å². The van der Waals surface area contributed by atoms with Crippen molar-refractivity contribution in [3.63, 3.8) is 0 Å². The monoisotopic (exact) mass is 192 g/mol. The van der Waals surface area contributed by atoms with Gasteiger partial charge in [-0.2, -0.15) is 0 Å². The fourth-order valence-electron chi connectivity index (χ4n) is 0.779. The minimum Gasteiger partial charge on any atom is -0.423 e. The maximum atomic E-state index is 12.7. The fraction of sp³-hybridized carbons (Fsp3) is 0. The third-order valence-electron chi connectivity index (χ3n) is 1.34. The molecule has 0 radical (unpaired) electrons. The Morgan fingerprint density at radius 2 is 1.83 bits per heavy atom. The summed E-state index contributed by atoms with van der Waals surface area (Å²) in [7, 11) is -2.10. The molecule has 2 N–H and O–H groups in total. The smallest absolute Gasteiger partial charge is 0.423 e. The number of benzene rings is 1. The average Bonchev–Trinajstić information content (AvgIpc) is 1.97. The highest BCUT2D eigenvalue weighted by Crippen LogP contribution is 2.11. The molecule has 0 spiro atoms. The summed E-state index contributed by atoms with van der Waals surface area (Å²) in [6.07, 6.45) is 0. The van der Waals surface area contributed by atoms with Crippen LogP contribution in [0.2, 0.25) is 5.02 Å². The van der Waals surface area contributed by atoms with Gasteiger partial charge < -0.3 is 10.0 Å². The standard InChI is InChI=1S/C6H4BClF2O2/c8-3-1-2-4(9)6(10)5(3)7(11)12/h1-2,11-12H. The Morgan fingerprint density at radius 1 is 1.25 bits per heavy atom. The van der Waals surface area contributed by atoms with Gasteiger partial charge in [0, 0.05) is 10.5 Å². The minimum absolute atomic E-state index is 0.219. The molecule has 1 aromatic carbocycles. The summed E-state index contributed by atoms with van der Waals surface area (Å²) in [6, 6.07) is 1.86. The van der Waals surface area contributed by atoms with Crippen molar-refractivity contribution in [2.24, 2.45) is 0 Å². The first kappa shape index (κ1) is 9.44. The van der Waals surface area contributed by atoms with Crippen LogP contribution in [0.1, 0.15) is 0 Å². The maximum absolute atomic E-state index is 12.7. The summed E-state index contributed by atoms with van der Waals surface area (Å²) in [4.78, 5) is 0. The molecule has 1 rings (SSSR count). The van der Waals surface area contributed by atoms with Gasteiger partial charge in [-0.3, -0.25) is 0 Å². The van der Waals surface area contributed by atoms with Gasteiger partial charge in [0.25, 0.3) is 0 Å². The molecule has 0 unspecified atom stereocenters. The Labute approximate surface area is 72.5 Å². The van der Waals surface area contributed by atoms with Crippen LogP contribution in [-0.2, 0) is 0 Å². The molecule has 0 amide bonds. The Balaban J connectivity index is 3.33. The highest BCUT2D eigenvalue weighted by Gasteiger charge is 2.22. The van der Waals surface area contributed by atoms with Gasteiger partial charge in [-0.05, 0) is 12.1 Å². The third kappa shape index (κ3) is 1.58. The second kappa shape index (κ2) is 3.39. The van der Waals surface area contributed by atoms with Crippen LogP contribution in [0, 0.1) is 11.6 Å². The molecule has 6 heteroatoms. The fourth-order valence-corrected chi connectivity index (χ4v) is 1.02. The third-order valence-corrected chi connectivity index (χ3v) is 1.67. The summed E-state index contributed by atoms with van der Waals surface area (Å²) in [5.74, 6) is -2.50. The topological polar surface area (TPSA) is 40.5 Å². The van der Waals surface area contributed by atoms with Gasteiger partial charge in [0.05, 0.1) is 0 Å².